The molecule has 0 saturated heterocycles. The predicted octanol–water partition coefficient (Wildman–Crippen LogP) is 6.92. The Bertz CT molecular complexity index is 1360. The molecule has 0 spiro atoms. The standard InChI is InChI=1S/C34H35NO3/c1-36-29-16-14-27(15-17-29)24-35-19-18-28-22-33(37-2)34(38-3)23-30(28)31(20-25-10-6-4-7-11-25)32(35)21-26-12-8-5-9-13-26/h4-17,20,22-23,32H,18-19,21,24H2,1-3H3/b31-20-. The first kappa shape index (κ1) is 25.6. The zero-order valence-electron chi connectivity index (χ0n) is 22.4. The molecule has 1 aliphatic heterocycles. The summed E-state index contributed by atoms with van der Waals surface area (Å²) in [5, 5.41) is 0. The molecule has 4 aromatic rings. The Balaban J connectivity index is 1.65. The number of rotatable bonds is 8. The Hall–Kier alpha value is -4.02. The molecule has 0 amide bonds. The first-order valence-electron chi connectivity index (χ1n) is 13.1. The summed E-state index contributed by atoms with van der Waals surface area (Å²) in [6.45, 7) is 1.77. The van der Waals surface area contributed by atoms with Gasteiger partial charge in [0.2, 0.25) is 0 Å². The number of hydrogen-bond acceptors (Lipinski definition) is 4. The molecule has 1 aliphatic rings. The van der Waals surface area contributed by atoms with Crippen molar-refractivity contribution in [3.63, 3.8) is 0 Å². The van der Waals surface area contributed by atoms with Crippen molar-refractivity contribution in [3.05, 3.63) is 125 Å². The Morgan fingerprint density at radius 2 is 1.39 bits per heavy atom. The lowest BCUT2D eigenvalue weighted by Crippen LogP contribution is -2.37. The molecule has 1 unspecified atom stereocenters. The number of fused-ring (bicyclic) bond motifs is 1. The summed E-state index contributed by atoms with van der Waals surface area (Å²) >= 11 is 0. The van der Waals surface area contributed by atoms with Crippen LogP contribution >= 0.6 is 0 Å². The van der Waals surface area contributed by atoms with Crippen molar-refractivity contribution in [1.82, 2.24) is 4.90 Å². The third kappa shape index (κ3) is 5.76. The van der Waals surface area contributed by atoms with Gasteiger partial charge in [-0.3, -0.25) is 4.90 Å². The van der Waals surface area contributed by atoms with Gasteiger partial charge in [-0.15, -0.1) is 0 Å². The van der Waals surface area contributed by atoms with Gasteiger partial charge in [-0.05, 0) is 76.6 Å². The highest BCUT2D eigenvalue weighted by Gasteiger charge is 2.30. The van der Waals surface area contributed by atoms with Crippen molar-refractivity contribution in [1.29, 1.82) is 0 Å². The van der Waals surface area contributed by atoms with E-state index >= 15 is 0 Å². The van der Waals surface area contributed by atoms with Gasteiger partial charge in [-0.2, -0.15) is 0 Å². The van der Waals surface area contributed by atoms with E-state index in [1.54, 1.807) is 21.3 Å². The summed E-state index contributed by atoms with van der Waals surface area (Å²) in [6.07, 6.45) is 4.18. The average Bonchev–Trinajstić information content (AvgIpc) is 3.10. The minimum absolute atomic E-state index is 0.166. The fourth-order valence-electron chi connectivity index (χ4n) is 5.33. The second kappa shape index (κ2) is 12.0. The van der Waals surface area contributed by atoms with Crippen LogP contribution in [0.15, 0.2) is 97.1 Å². The molecule has 1 atom stereocenters. The lowest BCUT2D eigenvalue weighted by molar-refractivity contribution is 0.232. The van der Waals surface area contributed by atoms with Crippen LogP contribution < -0.4 is 14.2 Å². The maximum atomic E-state index is 5.76. The van der Waals surface area contributed by atoms with Crippen LogP contribution in [-0.2, 0) is 19.4 Å². The molecule has 0 aliphatic carbocycles. The fourth-order valence-corrected chi connectivity index (χ4v) is 5.33. The number of ether oxygens (including phenoxy) is 3. The highest BCUT2D eigenvalue weighted by molar-refractivity contribution is 5.87. The summed E-state index contributed by atoms with van der Waals surface area (Å²) in [7, 11) is 5.12. The second-order valence-corrected chi connectivity index (χ2v) is 9.65. The van der Waals surface area contributed by atoms with E-state index in [0.29, 0.717) is 0 Å². The van der Waals surface area contributed by atoms with E-state index in [-0.39, 0.29) is 6.04 Å². The maximum Gasteiger partial charge on any atom is 0.161 e. The molecule has 4 nitrogen and oxygen atoms in total. The van der Waals surface area contributed by atoms with Crippen molar-refractivity contribution in [2.24, 2.45) is 0 Å². The minimum Gasteiger partial charge on any atom is -0.497 e. The number of nitrogens with zero attached hydrogens (tertiary/aromatic N) is 1. The van der Waals surface area contributed by atoms with Crippen LogP contribution in [0.4, 0.5) is 0 Å². The summed E-state index contributed by atoms with van der Waals surface area (Å²) < 4.78 is 16.9. The van der Waals surface area contributed by atoms with E-state index < -0.39 is 0 Å². The number of hydrogen-bond donors (Lipinski definition) is 0. The van der Waals surface area contributed by atoms with Gasteiger partial charge < -0.3 is 14.2 Å². The average molecular weight is 506 g/mol. The van der Waals surface area contributed by atoms with Crippen molar-refractivity contribution < 1.29 is 14.2 Å². The van der Waals surface area contributed by atoms with Gasteiger partial charge in [0.25, 0.3) is 0 Å². The Morgan fingerprint density at radius 3 is 2.05 bits per heavy atom. The molecular formula is C34H35NO3. The molecule has 0 saturated carbocycles. The SMILES string of the molecule is COc1ccc(CN2CCc3cc(OC)c(OC)cc3/C(=C/c3ccccc3)C2Cc2ccccc2)cc1. The highest BCUT2D eigenvalue weighted by Crippen LogP contribution is 2.40. The third-order valence-corrected chi connectivity index (χ3v) is 7.33. The smallest absolute Gasteiger partial charge is 0.161 e. The quantitative estimate of drug-likeness (QED) is 0.260. The van der Waals surface area contributed by atoms with Crippen molar-refractivity contribution in [3.8, 4) is 17.2 Å². The molecule has 0 radical (unpaired) electrons. The third-order valence-electron chi connectivity index (χ3n) is 7.33. The first-order chi connectivity index (χ1) is 18.7. The Morgan fingerprint density at radius 1 is 0.737 bits per heavy atom. The van der Waals surface area contributed by atoms with Gasteiger partial charge in [0.05, 0.1) is 21.3 Å². The van der Waals surface area contributed by atoms with Crippen molar-refractivity contribution in [2.45, 2.75) is 25.4 Å². The number of methoxy groups -OCH3 is 3. The summed E-state index contributed by atoms with van der Waals surface area (Å²) in [4.78, 5) is 2.61. The minimum atomic E-state index is 0.166. The monoisotopic (exact) mass is 505 g/mol. The Kier molecular flexibility index (Phi) is 8.10. The van der Waals surface area contributed by atoms with E-state index in [9.17, 15) is 0 Å². The van der Waals surface area contributed by atoms with Gasteiger partial charge in [0, 0.05) is 19.1 Å². The van der Waals surface area contributed by atoms with E-state index in [1.807, 2.05) is 12.1 Å². The highest BCUT2D eigenvalue weighted by atomic mass is 16.5. The molecule has 4 heteroatoms. The van der Waals surface area contributed by atoms with Crippen LogP contribution in [0.1, 0.15) is 27.8 Å². The van der Waals surface area contributed by atoms with Crippen LogP contribution in [0.2, 0.25) is 0 Å². The van der Waals surface area contributed by atoms with Gasteiger partial charge in [0.15, 0.2) is 11.5 Å². The van der Waals surface area contributed by atoms with Crippen LogP contribution in [0.3, 0.4) is 0 Å². The zero-order valence-corrected chi connectivity index (χ0v) is 22.4. The molecule has 0 aromatic heterocycles. The van der Waals surface area contributed by atoms with Crippen molar-refractivity contribution >= 4 is 11.6 Å². The molecule has 0 fully saturated rings. The summed E-state index contributed by atoms with van der Waals surface area (Å²) in [5.74, 6) is 2.41. The van der Waals surface area contributed by atoms with Crippen LogP contribution in [0, 0.1) is 0 Å². The first-order valence-corrected chi connectivity index (χ1v) is 13.1. The molecule has 38 heavy (non-hydrogen) atoms. The van der Waals surface area contributed by atoms with Gasteiger partial charge in [0.1, 0.15) is 5.75 Å². The molecule has 0 N–H and O–H groups in total. The zero-order chi connectivity index (χ0) is 26.3. The van der Waals surface area contributed by atoms with E-state index in [4.69, 9.17) is 14.2 Å². The topological polar surface area (TPSA) is 30.9 Å². The summed E-state index contributed by atoms with van der Waals surface area (Å²) in [6, 6.07) is 34.3. The summed E-state index contributed by atoms with van der Waals surface area (Å²) in [5.41, 5.74) is 7.57. The largest absolute Gasteiger partial charge is 0.497 e. The molecular weight excluding hydrogens is 470 g/mol. The van der Waals surface area contributed by atoms with E-state index in [1.165, 1.54) is 33.4 Å². The lowest BCUT2D eigenvalue weighted by Gasteiger charge is -2.32. The van der Waals surface area contributed by atoms with Crippen molar-refractivity contribution in [2.75, 3.05) is 27.9 Å². The van der Waals surface area contributed by atoms with E-state index in [0.717, 1.165) is 43.2 Å². The maximum absolute atomic E-state index is 5.76. The van der Waals surface area contributed by atoms with E-state index in [2.05, 4.69) is 95.9 Å². The van der Waals surface area contributed by atoms with Gasteiger partial charge in [-0.1, -0.05) is 72.8 Å². The fraction of sp³-hybridized carbons (Fsp3) is 0.235. The molecule has 194 valence electrons. The molecule has 0 bridgehead atoms. The molecule has 1 heterocycles. The lowest BCUT2D eigenvalue weighted by atomic mass is 9.88. The second-order valence-electron chi connectivity index (χ2n) is 9.65. The number of benzene rings is 4. The van der Waals surface area contributed by atoms with Crippen LogP contribution in [-0.4, -0.2) is 38.8 Å². The predicted molar refractivity (Wildman–Crippen MR) is 155 cm³/mol. The molecule has 5 rings (SSSR count). The van der Waals surface area contributed by atoms with Crippen LogP contribution in [0.5, 0.6) is 17.2 Å². The van der Waals surface area contributed by atoms with Gasteiger partial charge >= 0.3 is 0 Å². The normalized spacial score (nSPS) is 16.5. The van der Waals surface area contributed by atoms with Crippen LogP contribution in [0.25, 0.3) is 11.6 Å². The van der Waals surface area contributed by atoms with Gasteiger partial charge in [-0.25, -0.2) is 0 Å². The molecule has 4 aromatic carbocycles. The Labute approximate surface area is 226 Å².